The van der Waals surface area contributed by atoms with Crippen molar-refractivity contribution in [3.05, 3.63) is 72.3 Å². The van der Waals surface area contributed by atoms with Crippen molar-refractivity contribution in [1.82, 2.24) is 10.7 Å². The van der Waals surface area contributed by atoms with E-state index in [1.165, 1.54) is 0 Å². The minimum absolute atomic E-state index is 0.334. The molecule has 2 aromatic rings. The van der Waals surface area contributed by atoms with Crippen LogP contribution in [0.5, 0.6) is 0 Å². The molecule has 3 amide bonds. The van der Waals surface area contributed by atoms with Crippen LogP contribution in [-0.4, -0.2) is 38.8 Å². The molecule has 0 bridgehead atoms. The fourth-order valence-electron chi connectivity index (χ4n) is 2.13. The van der Waals surface area contributed by atoms with Crippen molar-refractivity contribution in [2.45, 2.75) is 0 Å². The lowest BCUT2D eigenvalue weighted by molar-refractivity contribution is 0.0955. The van der Waals surface area contributed by atoms with Gasteiger partial charge in [-0.1, -0.05) is 18.2 Å². The molecule has 2 aromatic carbocycles. The summed E-state index contributed by atoms with van der Waals surface area (Å²) in [5.74, 6) is -0.334. The van der Waals surface area contributed by atoms with Gasteiger partial charge in [-0.05, 0) is 42.0 Å². The molecule has 0 fully saturated rings. The average molecular weight is 365 g/mol. The van der Waals surface area contributed by atoms with Gasteiger partial charge >= 0.3 is 6.03 Å². The number of hydrogen-bond acceptors (Lipinski definition) is 4. The molecule has 0 aromatic heterocycles. The zero-order valence-corrected chi connectivity index (χ0v) is 15.4. The maximum absolute atomic E-state index is 12.1. The predicted octanol–water partition coefficient (Wildman–Crippen LogP) is 2.82. The molecule has 7 nitrogen and oxygen atoms in total. The van der Waals surface area contributed by atoms with Crippen molar-refractivity contribution in [1.29, 1.82) is 0 Å². The molecule has 0 saturated carbocycles. The average Bonchev–Trinajstić information content (AvgIpc) is 2.67. The van der Waals surface area contributed by atoms with Crippen LogP contribution in [0.3, 0.4) is 0 Å². The number of hydrogen-bond donors (Lipinski definition) is 3. The minimum atomic E-state index is -0.336. The fraction of sp³-hybridized carbons (Fsp3) is 0.150. The van der Waals surface area contributed by atoms with Crippen molar-refractivity contribution >= 4 is 29.5 Å². The lowest BCUT2D eigenvalue weighted by Gasteiger charge is -2.11. The van der Waals surface area contributed by atoms with E-state index >= 15 is 0 Å². The molecule has 7 heteroatoms. The minimum Gasteiger partial charge on any atom is -0.378 e. The van der Waals surface area contributed by atoms with Crippen molar-refractivity contribution in [3.63, 3.8) is 0 Å². The van der Waals surface area contributed by atoms with Crippen molar-refractivity contribution < 1.29 is 9.59 Å². The van der Waals surface area contributed by atoms with E-state index in [1.807, 2.05) is 43.3 Å². The van der Waals surface area contributed by atoms with E-state index < -0.39 is 0 Å². The first kappa shape index (κ1) is 19.7. The highest BCUT2D eigenvalue weighted by atomic mass is 16.2. The van der Waals surface area contributed by atoms with Gasteiger partial charge in [-0.15, -0.1) is 6.58 Å². The Bertz CT molecular complexity index is 811. The molecule has 0 unspecified atom stereocenters. The summed E-state index contributed by atoms with van der Waals surface area (Å²) in [5, 5.41) is 9.23. The normalized spacial score (nSPS) is 10.3. The second-order valence-electron chi connectivity index (χ2n) is 5.89. The van der Waals surface area contributed by atoms with E-state index in [0.29, 0.717) is 17.8 Å². The largest absolute Gasteiger partial charge is 0.378 e. The number of carbonyl (C=O) groups is 2. The standard InChI is InChI=1S/C20H23N5O2/c1-4-13-21-20(27)23-17-9-7-16(8-10-17)19(26)24-22-14-15-5-11-18(12-6-15)25(2)3/h4-12,14H,1,13H2,2-3H3,(H,24,26)(H2,21,23,27). The van der Waals surface area contributed by atoms with Gasteiger partial charge in [0.2, 0.25) is 0 Å². The summed E-state index contributed by atoms with van der Waals surface area (Å²) in [7, 11) is 3.94. The monoisotopic (exact) mass is 365 g/mol. The third kappa shape index (κ3) is 6.32. The number of benzene rings is 2. The van der Waals surface area contributed by atoms with Crippen LogP contribution in [0.25, 0.3) is 0 Å². The van der Waals surface area contributed by atoms with Crippen molar-refractivity contribution in [2.24, 2.45) is 5.10 Å². The second kappa shape index (κ2) is 9.76. The fourth-order valence-corrected chi connectivity index (χ4v) is 2.13. The van der Waals surface area contributed by atoms with Crippen LogP contribution in [0.2, 0.25) is 0 Å². The zero-order chi connectivity index (χ0) is 19.6. The summed E-state index contributed by atoms with van der Waals surface area (Å²) in [6, 6.07) is 14.0. The van der Waals surface area contributed by atoms with E-state index in [4.69, 9.17) is 0 Å². The van der Waals surface area contributed by atoms with E-state index in [1.54, 1.807) is 36.6 Å². The molecule has 0 atom stereocenters. The van der Waals surface area contributed by atoms with Crippen LogP contribution in [0.15, 0.2) is 66.3 Å². The number of carbonyl (C=O) groups excluding carboxylic acids is 2. The lowest BCUT2D eigenvalue weighted by Crippen LogP contribution is -2.28. The van der Waals surface area contributed by atoms with Crippen LogP contribution in [0, 0.1) is 0 Å². The molecule has 2 rings (SSSR count). The van der Waals surface area contributed by atoms with E-state index in [2.05, 4.69) is 27.7 Å². The molecular weight excluding hydrogens is 342 g/mol. The van der Waals surface area contributed by atoms with Gasteiger partial charge in [0.1, 0.15) is 0 Å². The van der Waals surface area contributed by atoms with E-state index in [9.17, 15) is 9.59 Å². The zero-order valence-electron chi connectivity index (χ0n) is 15.4. The number of urea groups is 1. The first-order chi connectivity index (χ1) is 13.0. The molecule has 0 aliphatic heterocycles. The highest BCUT2D eigenvalue weighted by Gasteiger charge is 2.05. The molecule has 140 valence electrons. The Morgan fingerprint density at radius 2 is 1.74 bits per heavy atom. The van der Waals surface area contributed by atoms with Crippen molar-refractivity contribution in [3.8, 4) is 0 Å². The Hall–Kier alpha value is -3.61. The first-order valence-corrected chi connectivity index (χ1v) is 8.36. The SMILES string of the molecule is C=CCNC(=O)Nc1ccc(C(=O)NN=Cc2ccc(N(C)C)cc2)cc1. The van der Waals surface area contributed by atoms with E-state index in [0.717, 1.165) is 11.3 Å². The number of amides is 3. The van der Waals surface area contributed by atoms with Crippen molar-refractivity contribution in [2.75, 3.05) is 30.9 Å². The Kier molecular flexibility index (Phi) is 7.13. The van der Waals surface area contributed by atoms with Crippen LogP contribution >= 0.6 is 0 Å². The van der Waals surface area contributed by atoms with Crippen LogP contribution in [0.1, 0.15) is 15.9 Å². The third-order valence-corrected chi connectivity index (χ3v) is 3.60. The molecule has 0 radical (unpaired) electrons. The summed E-state index contributed by atoms with van der Waals surface area (Å²) in [6.45, 7) is 3.90. The first-order valence-electron chi connectivity index (χ1n) is 8.36. The number of nitrogens with zero attached hydrogens (tertiary/aromatic N) is 2. The number of nitrogens with one attached hydrogen (secondary N) is 3. The van der Waals surface area contributed by atoms with Gasteiger partial charge in [-0.2, -0.15) is 5.10 Å². The second-order valence-corrected chi connectivity index (χ2v) is 5.89. The topological polar surface area (TPSA) is 85.8 Å². The summed E-state index contributed by atoms with van der Waals surface area (Å²) < 4.78 is 0. The molecule has 0 saturated heterocycles. The Labute approximate surface area is 158 Å². The number of anilines is 2. The number of hydrazone groups is 1. The summed E-state index contributed by atoms with van der Waals surface area (Å²) in [5.41, 5.74) is 5.47. The van der Waals surface area contributed by atoms with Gasteiger partial charge in [0.05, 0.1) is 6.21 Å². The smallest absolute Gasteiger partial charge is 0.319 e. The molecule has 3 N–H and O–H groups in total. The summed E-state index contributed by atoms with van der Waals surface area (Å²) >= 11 is 0. The van der Waals surface area contributed by atoms with Gasteiger partial charge in [0.15, 0.2) is 0 Å². The lowest BCUT2D eigenvalue weighted by atomic mass is 10.2. The molecule has 0 aliphatic rings. The van der Waals surface area contributed by atoms with Gasteiger partial charge in [0.25, 0.3) is 5.91 Å². The molecule has 0 heterocycles. The Morgan fingerprint density at radius 3 is 2.33 bits per heavy atom. The molecule has 27 heavy (non-hydrogen) atoms. The van der Waals surface area contributed by atoms with Crippen LogP contribution < -0.4 is 21.0 Å². The maximum atomic E-state index is 12.1. The Morgan fingerprint density at radius 1 is 1.07 bits per heavy atom. The highest BCUT2D eigenvalue weighted by molar-refractivity contribution is 5.96. The molecule has 0 aliphatic carbocycles. The van der Waals surface area contributed by atoms with Gasteiger partial charge < -0.3 is 15.5 Å². The highest BCUT2D eigenvalue weighted by Crippen LogP contribution is 2.11. The van der Waals surface area contributed by atoms with Gasteiger partial charge in [-0.25, -0.2) is 10.2 Å². The maximum Gasteiger partial charge on any atom is 0.319 e. The molecular formula is C20H23N5O2. The van der Waals surface area contributed by atoms with E-state index in [-0.39, 0.29) is 11.9 Å². The quantitative estimate of drug-likeness (QED) is 0.401. The van der Waals surface area contributed by atoms with Gasteiger partial charge in [0, 0.05) is 37.6 Å². The Balaban J connectivity index is 1.88. The molecule has 0 spiro atoms. The summed E-state index contributed by atoms with van der Waals surface area (Å²) in [6.07, 6.45) is 3.17. The van der Waals surface area contributed by atoms with Crippen LogP contribution in [0.4, 0.5) is 16.2 Å². The third-order valence-electron chi connectivity index (χ3n) is 3.60. The van der Waals surface area contributed by atoms with Gasteiger partial charge in [-0.3, -0.25) is 4.79 Å². The predicted molar refractivity (Wildman–Crippen MR) is 109 cm³/mol. The summed E-state index contributed by atoms with van der Waals surface area (Å²) in [4.78, 5) is 25.7. The van der Waals surface area contributed by atoms with Crippen LogP contribution in [-0.2, 0) is 0 Å². The number of rotatable bonds is 7.